The number of aromatic amines is 1. The molecule has 2 aromatic rings. The van der Waals surface area contributed by atoms with Crippen LogP contribution < -0.4 is 0 Å². The second-order valence-corrected chi connectivity index (χ2v) is 5.57. The van der Waals surface area contributed by atoms with Crippen molar-refractivity contribution in [1.29, 1.82) is 0 Å². The van der Waals surface area contributed by atoms with Crippen LogP contribution in [0.3, 0.4) is 0 Å². The summed E-state index contributed by atoms with van der Waals surface area (Å²) >= 11 is 0. The number of rotatable bonds is 7. The van der Waals surface area contributed by atoms with E-state index in [9.17, 15) is 0 Å². The molecule has 0 bridgehead atoms. The summed E-state index contributed by atoms with van der Waals surface area (Å²) in [6, 6.07) is 2.46. The highest BCUT2D eigenvalue weighted by molar-refractivity contribution is 5.23. The maximum Gasteiger partial charge on any atom is 0.0625 e. The standard InChI is InChI=1S/C15H25N5/c1-12(11-20-10-6-8-16-20)19(4)9-5-7-15-13(2)17-18-14(15)3/h6,8,10,12H,5,7,9,11H2,1-4H3,(H,17,18)/t12-/m1/s1. The minimum absolute atomic E-state index is 0.487. The van der Waals surface area contributed by atoms with Crippen molar-refractivity contribution in [2.45, 2.75) is 46.2 Å². The van der Waals surface area contributed by atoms with E-state index in [1.165, 1.54) is 11.3 Å². The lowest BCUT2D eigenvalue weighted by molar-refractivity contribution is 0.227. The molecule has 2 heterocycles. The van der Waals surface area contributed by atoms with Crippen LogP contribution in [0.2, 0.25) is 0 Å². The second kappa shape index (κ2) is 6.70. The number of H-pyrrole nitrogens is 1. The fourth-order valence-corrected chi connectivity index (χ4v) is 2.49. The Hall–Kier alpha value is -1.62. The van der Waals surface area contributed by atoms with Crippen LogP contribution in [-0.2, 0) is 13.0 Å². The largest absolute Gasteiger partial charge is 0.302 e. The molecule has 0 aliphatic carbocycles. The van der Waals surface area contributed by atoms with Gasteiger partial charge in [-0.1, -0.05) is 0 Å². The number of likely N-dealkylation sites (N-methyl/N-ethyl adjacent to an activating group) is 1. The van der Waals surface area contributed by atoms with Crippen molar-refractivity contribution < 1.29 is 0 Å². The van der Waals surface area contributed by atoms with Gasteiger partial charge in [0.05, 0.1) is 12.2 Å². The summed E-state index contributed by atoms with van der Waals surface area (Å²) in [5, 5.41) is 11.6. The molecule has 0 amide bonds. The lowest BCUT2D eigenvalue weighted by Gasteiger charge is -2.24. The SMILES string of the molecule is Cc1n[nH]c(C)c1CCCN(C)[C@H](C)Cn1cccn1. The van der Waals surface area contributed by atoms with E-state index >= 15 is 0 Å². The molecule has 2 rings (SSSR count). The first-order valence-electron chi connectivity index (χ1n) is 7.26. The van der Waals surface area contributed by atoms with Crippen LogP contribution in [0.25, 0.3) is 0 Å². The van der Waals surface area contributed by atoms with Crippen molar-refractivity contribution in [3.05, 3.63) is 35.4 Å². The summed E-state index contributed by atoms with van der Waals surface area (Å²) in [6.07, 6.45) is 6.09. The van der Waals surface area contributed by atoms with Gasteiger partial charge in [0.1, 0.15) is 0 Å². The normalized spacial score (nSPS) is 13.1. The Morgan fingerprint density at radius 1 is 1.40 bits per heavy atom. The highest BCUT2D eigenvalue weighted by Gasteiger charge is 2.11. The molecule has 0 aliphatic rings. The molecule has 0 saturated carbocycles. The quantitative estimate of drug-likeness (QED) is 0.842. The van der Waals surface area contributed by atoms with Crippen LogP contribution in [0.5, 0.6) is 0 Å². The van der Waals surface area contributed by atoms with Gasteiger partial charge < -0.3 is 4.90 Å². The first-order chi connectivity index (χ1) is 9.58. The van der Waals surface area contributed by atoms with Gasteiger partial charge in [-0.25, -0.2) is 0 Å². The van der Waals surface area contributed by atoms with Gasteiger partial charge in [-0.2, -0.15) is 10.2 Å². The Kier molecular flexibility index (Phi) is 4.95. The third-order valence-electron chi connectivity index (χ3n) is 3.98. The number of nitrogens with zero attached hydrogens (tertiary/aromatic N) is 4. The van der Waals surface area contributed by atoms with Crippen LogP contribution in [0.15, 0.2) is 18.5 Å². The highest BCUT2D eigenvalue weighted by atomic mass is 15.3. The average Bonchev–Trinajstić information content (AvgIpc) is 3.02. The van der Waals surface area contributed by atoms with Crippen LogP contribution in [-0.4, -0.2) is 44.5 Å². The first kappa shape index (κ1) is 14.8. The van der Waals surface area contributed by atoms with Crippen LogP contribution in [0.1, 0.15) is 30.3 Å². The van der Waals surface area contributed by atoms with Crippen molar-refractivity contribution >= 4 is 0 Å². The summed E-state index contributed by atoms with van der Waals surface area (Å²) in [6.45, 7) is 8.44. The number of hydrogen-bond donors (Lipinski definition) is 1. The molecular weight excluding hydrogens is 250 g/mol. The molecule has 0 aliphatic heterocycles. The molecule has 1 atom stereocenters. The van der Waals surface area contributed by atoms with Crippen molar-refractivity contribution in [1.82, 2.24) is 24.9 Å². The predicted molar refractivity (Wildman–Crippen MR) is 80.7 cm³/mol. The van der Waals surface area contributed by atoms with Gasteiger partial charge in [0.25, 0.3) is 0 Å². The molecule has 0 radical (unpaired) electrons. The number of aromatic nitrogens is 4. The van der Waals surface area contributed by atoms with Crippen molar-refractivity contribution in [3.63, 3.8) is 0 Å². The molecule has 5 heteroatoms. The lowest BCUT2D eigenvalue weighted by atomic mass is 10.1. The minimum Gasteiger partial charge on any atom is -0.302 e. The fourth-order valence-electron chi connectivity index (χ4n) is 2.49. The summed E-state index contributed by atoms with van der Waals surface area (Å²) in [5.74, 6) is 0. The van der Waals surface area contributed by atoms with E-state index in [1.807, 2.05) is 23.1 Å². The van der Waals surface area contributed by atoms with Crippen molar-refractivity contribution in [3.8, 4) is 0 Å². The molecule has 0 unspecified atom stereocenters. The molecule has 1 N–H and O–H groups in total. The Labute approximate surface area is 121 Å². The van der Waals surface area contributed by atoms with Crippen LogP contribution in [0, 0.1) is 13.8 Å². The molecule has 2 aromatic heterocycles. The molecule has 0 aromatic carbocycles. The van der Waals surface area contributed by atoms with E-state index < -0.39 is 0 Å². The molecule has 20 heavy (non-hydrogen) atoms. The fraction of sp³-hybridized carbons (Fsp3) is 0.600. The van der Waals surface area contributed by atoms with Gasteiger partial charge in [-0.15, -0.1) is 0 Å². The molecular formula is C15H25N5. The minimum atomic E-state index is 0.487. The zero-order valence-electron chi connectivity index (χ0n) is 12.9. The van der Waals surface area contributed by atoms with E-state index in [4.69, 9.17) is 0 Å². The average molecular weight is 275 g/mol. The molecule has 5 nitrogen and oxygen atoms in total. The topological polar surface area (TPSA) is 49.7 Å². The maximum absolute atomic E-state index is 4.26. The second-order valence-electron chi connectivity index (χ2n) is 5.57. The third-order valence-corrected chi connectivity index (χ3v) is 3.98. The zero-order chi connectivity index (χ0) is 14.5. The van der Waals surface area contributed by atoms with Crippen molar-refractivity contribution in [2.75, 3.05) is 13.6 Å². The Balaban J connectivity index is 1.76. The summed E-state index contributed by atoms with van der Waals surface area (Å²) in [7, 11) is 2.18. The monoisotopic (exact) mass is 275 g/mol. The Morgan fingerprint density at radius 3 is 2.80 bits per heavy atom. The summed E-state index contributed by atoms with van der Waals surface area (Å²) < 4.78 is 1.99. The van der Waals surface area contributed by atoms with Gasteiger partial charge in [0, 0.05) is 24.1 Å². The Bertz CT molecular complexity index is 495. The third kappa shape index (κ3) is 3.70. The first-order valence-corrected chi connectivity index (χ1v) is 7.26. The zero-order valence-corrected chi connectivity index (χ0v) is 12.9. The summed E-state index contributed by atoms with van der Waals surface area (Å²) in [4.78, 5) is 2.40. The van der Waals surface area contributed by atoms with E-state index in [-0.39, 0.29) is 0 Å². The van der Waals surface area contributed by atoms with E-state index in [0.717, 1.165) is 31.6 Å². The van der Waals surface area contributed by atoms with Gasteiger partial charge in [0.2, 0.25) is 0 Å². The van der Waals surface area contributed by atoms with Crippen LogP contribution >= 0.6 is 0 Å². The van der Waals surface area contributed by atoms with E-state index in [1.54, 1.807) is 0 Å². The highest BCUT2D eigenvalue weighted by Crippen LogP contribution is 2.12. The lowest BCUT2D eigenvalue weighted by Crippen LogP contribution is -2.33. The van der Waals surface area contributed by atoms with Gasteiger partial charge >= 0.3 is 0 Å². The maximum atomic E-state index is 4.26. The Morgan fingerprint density at radius 2 is 2.20 bits per heavy atom. The molecule has 0 saturated heterocycles. The number of hydrogen-bond acceptors (Lipinski definition) is 3. The molecule has 0 fully saturated rings. The number of aryl methyl sites for hydroxylation is 2. The summed E-state index contributed by atoms with van der Waals surface area (Å²) in [5.41, 5.74) is 3.71. The molecule has 0 spiro atoms. The van der Waals surface area contributed by atoms with Gasteiger partial charge in [-0.3, -0.25) is 9.78 Å². The number of nitrogens with one attached hydrogen (secondary N) is 1. The predicted octanol–water partition coefficient (Wildman–Crippen LogP) is 2.18. The molecule has 110 valence electrons. The van der Waals surface area contributed by atoms with Gasteiger partial charge in [0.15, 0.2) is 0 Å². The smallest absolute Gasteiger partial charge is 0.0625 e. The van der Waals surface area contributed by atoms with E-state index in [0.29, 0.717) is 6.04 Å². The van der Waals surface area contributed by atoms with Crippen LogP contribution in [0.4, 0.5) is 0 Å². The van der Waals surface area contributed by atoms with Crippen molar-refractivity contribution in [2.24, 2.45) is 0 Å². The van der Waals surface area contributed by atoms with Gasteiger partial charge in [-0.05, 0) is 58.8 Å². The van der Waals surface area contributed by atoms with E-state index in [2.05, 4.69) is 48.0 Å².